The zero-order valence-corrected chi connectivity index (χ0v) is 13.8. The molecule has 0 amide bonds. The third-order valence-corrected chi connectivity index (χ3v) is 5.06. The van der Waals surface area contributed by atoms with E-state index in [1.807, 2.05) is 17.8 Å². The molecule has 0 spiro atoms. The molecule has 1 aromatic carbocycles. The first-order chi connectivity index (χ1) is 10.7. The van der Waals surface area contributed by atoms with Gasteiger partial charge in [0, 0.05) is 12.6 Å². The van der Waals surface area contributed by atoms with Crippen LogP contribution >= 0.6 is 11.3 Å². The molecular weight excluding hydrogens is 298 g/mol. The van der Waals surface area contributed by atoms with Crippen LogP contribution in [0.3, 0.4) is 0 Å². The lowest BCUT2D eigenvalue weighted by Gasteiger charge is -2.16. The number of phenols is 1. The highest BCUT2D eigenvalue weighted by Gasteiger charge is 2.13. The molecular formula is C16H21N3O2S. The average Bonchev–Trinajstić information content (AvgIpc) is 2.90. The summed E-state index contributed by atoms with van der Waals surface area (Å²) in [4.78, 5) is 5.81. The first-order valence-corrected chi connectivity index (χ1v) is 8.44. The number of aryl methyl sites for hydroxylation is 1. The predicted molar refractivity (Wildman–Crippen MR) is 87.2 cm³/mol. The highest BCUT2D eigenvalue weighted by atomic mass is 32.1. The van der Waals surface area contributed by atoms with E-state index in [2.05, 4.69) is 5.10 Å². The molecule has 1 aliphatic rings. The maximum absolute atomic E-state index is 9.69. The van der Waals surface area contributed by atoms with Gasteiger partial charge in [-0.25, -0.2) is 4.68 Å². The second kappa shape index (κ2) is 6.52. The van der Waals surface area contributed by atoms with Gasteiger partial charge in [0.25, 0.3) is 0 Å². The Bertz CT molecular complexity index is 714. The Balaban J connectivity index is 1.93. The smallest absolute Gasteiger partial charge is 0.203 e. The van der Waals surface area contributed by atoms with Gasteiger partial charge in [-0.15, -0.1) is 0 Å². The van der Waals surface area contributed by atoms with E-state index in [0.717, 1.165) is 15.4 Å². The minimum Gasteiger partial charge on any atom is -0.504 e. The quantitative estimate of drug-likeness (QED) is 0.945. The summed E-state index contributed by atoms with van der Waals surface area (Å²) in [6.45, 7) is 0. The second-order valence-electron chi connectivity index (χ2n) is 5.62. The first kappa shape index (κ1) is 15.1. The van der Waals surface area contributed by atoms with Gasteiger partial charge in [0.15, 0.2) is 11.5 Å². The highest BCUT2D eigenvalue weighted by molar-refractivity contribution is 7.12. The van der Waals surface area contributed by atoms with Crippen LogP contribution in [0.25, 0.3) is 10.6 Å². The second-order valence-corrected chi connectivity index (χ2v) is 6.58. The van der Waals surface area contributed by atoms with Gasteiger partial charge in [-0.05, 0) is 31.0 Å². The predicted octanol–water partition coefficient (Wildman–Crippen LogP) is 3.10. The third kappa shape index (κ3) is 3.16. The molecule has 3 rings (SSSR count). The van der Waals surface area contributed by atoms with Crippen molar-refractivity contribution in [3.8, 4) is 22.1 Å². The van der Waals surface area contributed by atoms with Gasteiger partial charge in [-0.2, -0.15) is 5.10 Å². The number of methoxy groups -OCH3 is 1. The van der Waals surface area contributed by atoms with Crippen LogP contribution in [-0.4, -0.2) is 28.0 Å². The van der Waals surface area contributed by atoms with Crippen LogP contribution in [0.4, 0.5) is 0 Å². The number of ether oxygens (including phenoxy) is 1. The van der Waals surface area contributed by atoms with Crippen molar-refractivity contribution in [1.29, 1.82) is 0 Å². The molecule has 1 saturated carbocycles. The Morgan fingerprint density at radius 1 is 1.32 bits per heavy atom. The van der Waals surface area contributed by atoms with E-state index in [0.29, 0.717) is 11.8 Å². The molecule has 0 atom stereocenters. The fraction of sp³-hybridized carbons (Fsp3) is 0.500. The summed E-state index contributed by atoms with van der Waals surface area (Å²) in [6, 6.07) is 5.72. The Hall–Kier alpha value is -1.82. The van der Waals surface area contributed by atoms with Crippen LogP contribution in [0.1, 0.15) is 32.1 Å². The Labute approximate surface area is 133 Å². The van der Waals surface area contributed by atoms with Crippen molar-refractivity contribution in [2.75, 3.05) is 7.11 Å². The molecule has 0 bridgehead atoms. The van der Waals surface area contributed by atoms with Crippen molar-refractivity contribution in [2.45, 2.75) is 38.1 Å². The first-order valence-electron chi connectivity index (χ1n) is 7.62. The Morgan fingerprint density at radius 2 is 2.09 bits per heavy atom. The molecule has 0 aliphatic heterocycles. The molecule has 0 unspecified atom stereocenters. The van der Waals surface area contributed by atoms with E-state index in [9.17, 15) is 5.11 Å². The van der Waals surface area contributed by atoms with E-state index in [4.69, 9.17) is 9.73 Å². The van der Waals surface area contributed by atoms with Gasteiger partial charge >= 0.3 is 0 Å². The van der Waals surface area contributed by atoms with Gasteiger partial charge in [-0.1, -0.05) is 30.6 Å². The molecule has 0 radical (unpaired) electrons. The fourth-order valence-corrected chi connectivity index (χ4v) is 3.71. The van der Waals surface area contributed by atoms with Gasteiger partial charge < -0.3 is 9.84 Å². The summed E-state index contributed by atoms with van der Waals surface area (Å²) in [5.74, 6) is 0.598. The normalized spacial score (nSPS) is 16.9. The zero-order valence-electron chi connectivity index (χ0n) is 13.0. The van der Waals surface area contributed by atoms with E-state index < -0.39 is 0 Å². The third-order valence-electron chi connectivity index (χ3n) is 4.00. The number of phenolic OH excluding ortho intramolecular Hbond substituents is 1. The zero-order chi connectivity index (χ0) is 15.5. The summed E-state index contributed by atoms with van der Waals surface area (Å²) >= 11 is 1.58. The number of hydrogen-bond donors (Lipinski definition) is 1. The number of benzene rings is 1. The molecule has 2 aromatic rings. The van der Waals surface area contributed by atoms with Crippen LogP contribution in [0, 0.1) is 0 Å². The molecule has 5 nitrogen and oxygen atoms in total. The molecule has 1 aromatic heterocycles. The number of aromatic hydroxyl groups is 1. The monoisotopic (exact) mass is 319 g/mol. The van der Waals surface area contributed by atoms with Crippen molar-refractivity contribution in [3.63, 3.8) is 0 Å². The average molecular weight is 319 g/mol. The highest BCUT2D eigenvalue weighted by Crippen LogP contribution is 2.31. The molecule has 0 saturated heterocycles. The van der Waals surface area contributed by atoms with Gasteiger partial charge in [0.05, 0.1) is 13.2 Å². The standard InChI is InChI=1S/C16H21N3O2S/c1-19-16(17-12-6-4-3-5-7-12)22-15(18-19)11-8-9-13(20)14(10-11)21-2/h8-10,12,20H,3-7H2,1-2H3/b17-16+. The van der Waals surface area contributed by atoms with Crippen molar-refractivity contribution in [2.24, 2.45) is 12.0 Å². The lowest BCUT2D eigenvalue weighted by atomic mass is 9.96. The molecule has 1 N–H and O–H groups in total. The fourth-order valence-electron chi connectivity index (χ4n) is 2.76. The number of hydrogen-bond acceptors (Lipinski definition) is 5. The number of rotatable bonds is 3. The molecule has 1 fully saturated rings. The molecule has 118 valence electrons. The summed E-state index contributed by atoms with van der Waals surface area (Å²) in [7, 11) is 3.48. The maximum Gasteiger partial charge on any atom is 0.203 e. The largest absolute Gasteiger partial charge is 0.504 e. The van der Waals surface area contributed by atoms with Crippen LogP contribution < -0.4 is 9.54 Å². The molecule has 1 aliphatic carbocycles. The maximum atomic E-state index is 9.69. The van der Waals surface area contributed by atoms with Crippen LogP contribution in [0.5, 0.6) is 11.5 Å². The minimum atomic E-state index is 0.138. The molecule has 6 heteroatoms. The summed E-state index contributed by atoms with van der Waals surface area (Å²) in [5, 5.41) is 15.1. The lowest BCUT2D eigenvalue weighted by Crippen LogP contribution is -2.18. The summed E-state index contributed by atoms with van der Waals surface area (Å²) < 4.78 is 7.00. The summed E-state index contributed by atoms with van der Waals surface area (Å²) in [5.41, 5.74) is 0.931. The van der Waals surface area contributed by atoms with Crippen molar-refractivity contribution in [1.82, 2.24) is 9.78 Å². The Morgan fingerprint density at radius 3 is 2.82 bits per heavy atom. The van der Waals surface area contributed by atoms with E-state index >= 15 is 0 Å². The SMILES string of the molecule is COc1cc(-c2nn(C)/c(=N\C3CCCCC3)s2)ccc1O. The topological polar surface area (TPSA) is 59.6 Å². The minimum absolute atomic E-state index is 0.138. The van der Waals surface area contributed by atoms with Gasteiger partial charge in [-0.3, -0.25) is 4.99 Å². The van der Waals surface area contributed by atoms with Crippen molar-refractivity contribution < 1.29 is 9.84 Å². The van der Waals surface area contributed by atoms with Gasteiger partial charge in [0.2, 0.25) is 4.80 Å². The number of nitrogens with zero attached hydrogens (tertiary/aromatic N) is 3. The molecule has 22 heavy (non-hydrogen) atoms. The molecule has 1 heterocycles. The summed E-state index contributed by atoms with van der Waals surface area (Å²) in [6.07, 6.45) is 6.25. The van der Waals surface area contributed by atoms with Crippen LogP contribution in [0.2, 0.25) is 0 Å². The van der Waals surface area contributed by atoms with E-state index in [1.165, 1.54) is 32.1 Å². The Kier molecular flexibility index (Phi) is 4.47. The lowest BCUT2D eigenvalue weighted by molar-refractivity contribution is 0.373. The van der Waals surface area contributed by atoms with E-state index in [-0.39, 0.29) is 5.75 Å². The van der Waals surface area contributed by atoms with Crippen LogP contribution in [-0.2, 0) is 7.05 Å². The van der Waals surface area contributed by atoms with E-state index in [1.54, 1.807) is 30.6 Å². The van der Waals surface area contributed by atoms with Gasteiger partial charge in [0.1, 0.15) is 5.01 Å². The van der Waals surface area contributed by atoms with Crippen LogP contribution in [0.15, 0.2) is 23.2 Å². The van der Waals surface area contributed by atoms with Crippen molar-refractivity contribution >= 4 is 11.3 Å². The number of aromatic nitrogens is 2. The van der Waals surface area contributed by atoms with Crippen molar-refractivity contribution in [3.05, 3.63) is 23.0 Å².